The summed E-state index contributed by atoms with van der Waals surface area (Å²) in [4.78, 5) is 13.0. The highest BCUT2D eigenvalue weighted by molar-refractivity contribution is 6.76. The van der Waals surface area contributed by atoms with E-state index in [0.717, 1.165) is 6.04 Å². The summed E-state index contributed by atoms with van der Waals surface area (Å²) < 4.78 is 17.3. The molecule has 5 nitrogen and oxygen atoms in total. The molecule has 1 fully saturated rings. The van der Waals surface area contributed by atoms with Gasteiger partial charge in [0.15, 0.2) is 6.79 Å². The molecule has 1 aliphatic carbocycles. The summed E-state index contributed by atoms with van der Waals surface area (Å²) in [5.41, 5.74) is 5.53. The smallest absolute Gasteiger partial charge is 0.313 e. The molecule has 0 saturated heterocycles. The van der Waals surface area contributed by atoms with Crippen molar-refractivity contribution in [3.63, 3.8) is 0 Å². The van der Waals surface area contributed by atoms with Gasteiger partial charge in [-0.25, -0.2) is 0 Å². The fraction of sp³-hybridized carbons (Fsp3) is 0.682. The Balaban J connectivity index is 2.23. The highest BCUT2D eigenvalue weighted by Gasteiger charge is 2.58. The molecule has 0 bridgehead atoms. The Kier molecular flexibility index (Phi) is 8.30. The Labute approximate surface area is 191 Å². The molecule has 170 valence electrons. The first kappa shape index (κ1) is 25.5. The maximum atomic E-state index is 13.0. The van der Waals surface area contributed by atoms with E-state index in [1.807, 2.05) is 20.8 Å². The van der Waals surface area contributed by atoms with Crippen LogP contribution in [0.2, 0.25) is 35.7 Å². The molecule has 0 spiro atoms. The molecule has 1 saturated carbocycles. The van der Waals surface area contributed by atoms with Crippen LogP contribution in [0.5, 0.6) is 5.75 Å². The topological polar surface area (TPSA) is 70.8 Å². The Hall–Kier alpha value is -0.793. The van der Waals surface area contributed by atoms with Gasteiger partial charge in [-0.1, -0.05) is 42.8 Å². The number of carbonyl (C=O) groups is 1. The third kappa shape index (κ3) is 6.60. The molecule has 1 aliphatic rings. The van der Waals surface area contributed by atoms with E-state index in [1.54, 1.807) is 12.1 Å². The summed E-state index contributed by atoms with van der Waals surface area (Å²) in [5, 5.41) is 0.763. The summed E-state index contributed by atoms with van der Waals surface area (Å²) in [7, 11) is -1.17. The largest absolute Gasteiger partial charge is 0.467 e. The van der Waals surface area contributed by atoms with Crippen LogP contribution in [0.15, 0.2) is 12.1 Å². The summed E-state index contributed by atoms with van der Waals surface area (Å²) in [5.74, 6) is -0.0583. The van der Waals surface area contributed by atoms with Crippen molar-refractivity contribution >= 4 is 37.2 Å². The van der Waals surface area contributed by atoms with E-state index >= 15 is 0 Å². The van der Waals surface area contributed by atoms with E-state index < -0.39 is 19.1 Å². The van der Waals surface area contributed by atoms with Gasteiger partial charge in [-0.15, -0.1) is 0 Å². The van der Waals surface area contributed by atoms with E-state index in [1.165, 1.54) is 0 Å². The monoisotopic (exact) mass is 475 g/mol. The fourth-order valence-corrected chi connectivity index (χ4v) is 4.58. The van der Waals surface area contributed by atoms with Crippen LogP contribution < -0.4 is 10.5 Å². The van der Waals surface area contributed by atoms with Crippen molar-refractivity contribution in [1.82, 2.24) is 0 Å². The molecular weight excluding hydrogens is 441 g/mol. The lowest BCUT2D eigenvalue weighted by Gasteiger charge is -2.30. The molecule has 2 rings (SSSR count). The number of benzene rings is 1. The van der Waals surface area contributed by atoms with Crippen molar-refractivity contribution in [2.75, 3.05) is 19.9 Å². The van der Waals surface area contributed by atoms with Crippen LogP contribution in [-0.4, -0.2) is 39.6 Å². The van der Waals surface area contributed by atoms with Crippen LogP contribution in [0.25, 0.3) is 0 Å². The summed E-state index contributed by atoms with van der Waals surface area (Å²) in [6, 6.07) is 4.50. The van der Waals surface area contributed by atoms with Crippen molar-refractivity contribution in [1.29, 1.82) is 0 Å². The zero-order chi connectivity index (χ0) is 22.7. The van der Waals surface area contributed by atoms with Crippen molar-refractivity contribution in [2.45, 2.75) is 70.8 Å². The lowest BCUT2D eigenvalue weighted by atomic mass is 9.82. The summed E-state index contributed by atoms with van der Waals surface area (Å²) in [6.07, 6.45) is 1.39. The third-order valence-corrected chi connectivity index (χ3v) is 7.76. The Morgan fingerprint density at radius 3 is 2.37 bits per heavy atom. The predicted octanol–water partition coefficient (Wildman–Crippen LogP) is 5.85. The van der Waals surface area contributed by atoms with Crippen LogP contribution in [-0.2, 0) is 14.3 Å². The molecule has 8 heteroatoms. The second-order valence-electron chi connectivity index (χ2n) is 10.2. The van der Waals surface area contributed by atoms with Crippen molar-refractivity contribution < 1.29 is 19.0 Å². The Morgan fingerprint density at radius 2 is 1.87 bits per heavy atom. The summed E-state index contributed by atoms with van der Waals surface area (Å²) in [6.45, 7) is 13.4. The van der Waals surface area contributed by atoms with E-state index in [4.69, 9.17) is 43.1 Å². The second kappa shape index (κ2) is 9.78. The first-order chi connectivity index (χ1) is 13.8. The molecular formula is C22H35Cl2NO4Si. The van der Waals surface area contributed by atoms with Crippen LogP contribution in [0.3, 0.4) is 0 Å². The fourth-order valence-electron chi connectivity index (χ4n) is 3.37. The van der Waals surface area contributed by atoms with E-state index in [2.05, 4.69) is 19.6 Å². The van der Waals surface area contributed by atoms with E-state index in [-0.39, 0.29) is 25.2 Å². The summed E-state index contributed by atoms with van der Waals surface area (Å²) >= 11 is 12.9. The van der Waals surface area contributed by atoms with Crippen molar-refractivity contribution in [2.24, 2.45) is 11.1 Å². The Bertz CT molecular complexity index is 755. The number of hydrogen-bond acceptors (Lipinski definition) is 5. The molecule has 1 aromatic rings. The zero-order valence-corrected chi connectivity index (χ0v) is 21.5. The Morgan fingerprint density at radius 1 is 1.23 bits per heavy atom. The van der Waals surface area contributed by atoms with Gasteiger partial charge in [0.1, 0.15) is 11.4 Å². The number of halogens is 2. The lowest BCUT2D eigenvalue weighted by molar-refractivity contribution is -0.162. The molecule has 2 N–H and O–H groups in total. The van der Waals surface area contributed by atoms with Gasteiger partial charge in [0.25, 0.3) is 0 Å². The van der Waals surface area contributed by atoms with Gasteiger partial charge in [-0.3, -0.25) is 4.79 Å². The van der Waals surface area contributed by atoms with E-state index in [0.29, 0.717) is 40.8 Å². The average Bonchev–Trinajstić information content (AvgIpc) is 3.40. The first-order valence-electron chi connectivity index (χ1n) is 10.4. The molecule has 0 radical (unpaired) electrons. The molecule has 0 unspecified atom stereocenters. The van der Waals surface area contributed by atoms with Gasteiger partial charge < -0.3 is 19.9 Å². The third-order valence-electron chi connectivity index (χ3n) is 5.23. The highest BCUT2D eigenvalue weighted by atomic mass is 35.5. The van der Waals surface area contributed by atoms with Gasteiger partial charge in [0, 0.05) is 32.7 Å². The minimum atomic E-state index is -1.17. The SMILES string of the molecule is CC(C)(C)OC(=O)C1([C@@H](CN)c2c(OCOCC[Si](C)(C)C)ccc(Cl)c2Cl)CC1. The predicted molar refractivity (Wildman–Crippen MR) is 125 cm³/mol. The maximum Gasteiger partial charge on any atom is 0.313 e. The molecule has 0 heterocycles. The van der Waals surface area contributed by atoms with Gasteiger partial charge >= 0.3 is 5.97 Å². The number of esters is 1. The number of carbonyl (C=O) groups excluding carboxylic acids is 1. The average molecular weight is 477 g/mol. The minimum absolute atomic E-state index is 0.103. The number of ether oxygens (including phenoxy) is 3. The van der Waals surface area contributed by atoms with Crippen LogP contribution in [0.1, 0.15) is 45.1 Å². The number of hydrogen-bond donors (Lipinski definition) is 1. The van der Waals surface area contributed by atoms with Crippen molar-refractivity contribution in [3.05, 3.63) is 27.7 Å². The standard InChI is InChI=1S/C22H35Cl2NO4Si/c1-21(2,3)29-20(26)22(9-10-22)15(13-25)18-17(8-7-16(23)19(18)24)28-14-27-11-12-30(4,5)6/h7-8,15H,9-14,25H2,1-6H3/t15-/m0/s1. The molecule has 0 aliphatic heterocycles. The normalized spacial score (nSPS) is 16.8. The van der Waals surface area contributed by atoms with Crippen LogP contribution >= 0.6 is 23.2 Å². The van der Waals surface area contributed by atoms with Crippen molar-refractivity contribution in [3.8, 4) is 5.75 Å². The van der Waals surface area contributed by atoms with Gasteiger partial charge in [-0.05, 0) is 51.8 Å². The lowest BCUT2D eigenvalue weighted by Crippen LogP contribution is -2.36. The zero-order valence-electron chi connectivity index (χ0n) is 18.9. The van der Waals surface area contributed by atoms with E-state index in [9.17, 15) is 4.79 Å². The molecule has 0 aromatic heterocycles. The van der Waals surface area contributed by atoms with Gasteiger partial charge in [0.2, 0.25) is 0 Å². The first-order valence-corrected chi connectivity index (χ1v) is 14.9. The molecule has 30 heavy (non-hydrogen) atoms. The van der Waals surface area contributed by atoms with Crippen LogP contribution in [0, 0.1) is 5.41 Å². The van der Waals surface area contributed by atoms with Crippen LogP contribution in [0.4, 0.5) is 0 Å². The molecule has 1 aromatic carbocycles. The molecule has 0 amide bonds. The second-order valence-corrected chi connectivity index (χ2v) is 16.6. The van der Waals surface area contributed by atoms with Gasteiger partial charge in [0.05, 0.1) is 15.5 Å². The minimum Gasteiger partial charge on any atom is -0.467 e. The number of rotatable bonds is 10. The van der Waals surface area contributed by atoms with Gasteiger partial charge in [-0.2, -0.15) is 0 Å². The quantitative estimate of drug-likeness (QED) is 0.199. The molecule has 1 atom stereocenters. The maximum absolute atomic E-state index is 13.0. The number of nitrogens with two attached hydrogens (primary N) is 1. The highest BCUT2D eigenvalue weighted by Crippen LogP contribution is 2.59.